The van der Waals surface area contributed by atoms with Gasteiger partial charge in [-0.25, -0.2) is 0 Å². The first-order chi connectivity index (χ1) is 13.7. The molecular formula is C28H42. The molecule has 0 spiro atoms. The van der Waals surface area contributed by atoms with Crippen LogP contribution >= 0.6 is 0 Å². The molecule has 3 rings (SSSR count). The number of hydrogen-bond acceptors (Lipinski definition) is 0. The van der Waals surface area contributed by atoms with Crippen molar-refractivity contribution in [2.75, 3.05) is 0 Å². The molecular weight excluding hydrogens is 336 g/mol. The average Bonchev–Trinajstić information content (AvgIpc) is 2.74. The lowest BCUT2D eigenvalue weighted by Crippen LogP contribution is -2.25. The van der Waals surface area contributed by atoms with Crippen molar-refractivity contribution in [3.63, 3.8) is 0 Å². The molecule has 0 radical (unpaired) electrons. The SMILES string of the molecule is CCC[C@H]1CC[C@H]([C@H]2CC[C@H](C#CC(C)CCCc3ccccc3)CC2)CC1. The van der Waals surface area contributed by atoms with Crippen LogP contribution in [-0.4, -0.2) is 0 Å². The topological polar surface area (TPSA) is 0 Å². The van der Waals surface area contributed by atoms with Crippen molar-refractivity contribution in [2.45, 2.75) is 97.3 Å². The summed E-state index contributed by atoms with van der Waals surface area (Å²) in [4.78, 5) is 0. The third kappa shape index (κ3) is 6.99. The number of hydrogen-bond donors (Lipinski definition) is 0. The lowest BCUT2D eigenvalue weighted by Gasteiger charge is -2.37. The van der Waals surface area contributed by atoms with E-state index >= 15 is 0 Å². The van der Waals surface area contributed by atoms with Crippen LogP contribution in [0.2, 0.25) is 0 Å². The predicted molar refractivity (Wildman–Crippen MR) is 122 cm³/mol. The zero-order valence-corrected chi connectivity index (χ0v) is 18.5. The normalized spacial score (nSPS) is 28.9. The van der Waals surface area contributed by atoms with Gasteiger partial charge in [0.2, 0.25) is 0 Å². The van der Waals surface area contributed by atoms with Gasteiger partial charge in [-0.1, -0.05) is 81.7 Å². The van der Waals surface area contributed by atoms with Gasteiger partial charge in [0.05, 0.1) is 0 Å². The van der Waals surface area contributed by atoms with E-state index in [2.05, 4.69) is 56.0 Å². The van der Waals surface area contributed by atoms with E-state index < -0.39 is 0 Å². The van der Waals surface area contributed by atoms with Crippen LogP contribution in [0.1, 0.15) is 96.5 Å². The number of benzene rings is 1. The maximum absolute atomic E-state index is 3.67. The second kappa shape index (κ2) is 11.7. The molecule has 1 aromatic carbocycles. The molecule has 0 aromatic heterocycles. The molecule has 0 saturated heterocycles. The van der Waals surface area contributed by atoms with E-state index in [4.69, 9.17) is 0 Å². The molecule has 0 N–H and O–H groups in total. The van der Waals surface area contributed by atoms with E-state index in [-0.39, 0.29) is 0 Å². The van der Waals surface area contributed by atoms with Crippen LogP contribution < -0.4 is 0 Å². The molecule has 1 unspecified atom stereocenters. The van der Waals surface area contributed by atoms with Gasteiger partial charge in [-0.15, -0.1) is 0 Å². The number of aryl methyl sites for hydroxylation is 1. The third-order valence-corrected chi connectivity index (χ3v) is 7.51. The molecule has 1 atom stereocenters. The first-order valence-electron chi connectivity index (χ1n) is 12.3. The maximum atomic E-state index is 3.67. The van der Waals surface area contributed by atoms with E-state index in [1.807, 2.05) is 0 Å². The smallest absolute Gasteiger partial charge is 0.0203 e. The van der Waals surface area contributed by atoms with Gasteiger partial charge in [-0.2, -0.15) is 0 Å². The van der Waals surface area contributed by atoms with E-state index in [0.717, 1.165) is 17.8 Å². The van der Waals surface area contributed by atoms with E-state index in [9.17, 15) is 0 Å². The van der Waals surface area contributed by atoms with Crippen molar-refractivity contribution in [1.29, 1.82) is 0 Å². The summed E-state index contributed by atoms with van der Waals surface area (Å²) in [5.74, 6) is 11.6. The minimum Gasteiger partial charge on any atom is -0.0999 e. The third-order valence-electron chi connectivity index (χ3n) is 7.51. The fourth-order valence-corrected chi connectivity index (χ4v) is 5.68. The lowest BCUT2D eigenvalue weighted by atomic mass is 9.69. The van der Waals surface area contributed by atoms with Crippen LogP contribution in [-0.2, 0) is 6.42 Å². The molecule has 2 saturated carbocycles. The Labute approximate surface area is 174 Å². The Morgan fingerprint density at radius 1 is 0.893 bits per heavy atom. The highest BCUT2D eigenvalue weighted by Crippen LogP contribution is 2.42. The van der Waals surface area contributed by atoms with Crippen LogP contribution in [0.15, 0.2) is 30.3 Å². The highest BCUT2D eigenvalue weighted by atomic mass is 14.3. The Balaban J connectivity index is 1.32. The van der Waals surface area contributed by atoms with Crippen LogP contribution in [0.4, 0.5) is 0 Å². The summed E-state index contributed by atoms with van der Waals surface area (Å²) in [7, 11) is 0. The Bertz CT molecular complexity index is 588. The van der Waals surface area contributed by atoms with Crippen molar-refractivity contribution < 1.29 is 0 Å². The second-order valence-electron chi connectivity index (χ2n) is 9.75. The summed E-state index contributed by atoms with van der Waals surface area (Å²) in [6.07, 6.45) is 18.2. The molecule has 0 heteroatoms. The first-order valence-corrected chi connectivity index (χ1v) is 12.3. The standard InChI is InChI=1S/C28H42/c1-3-8-24-15-19-27(20-16-24)28-21-17-26(18-22-28)14-13-23(2)9-7-12-25-10-5-4-6-11-25/h4-6,10-11,23-24,26-28H,3,7-9,12,15-22H2,1-2H3/t23?,24-,26-,27-,28-. The Kier molecular flexibility index (Phi) is 8.98. The van der Waals surface area contributed by atoms with Gasteiger partial charge < -0.3 is 0 Å². The van der Waals surface area contributed by atoms with Gasteiger partial charge in [0.1, 0.15) is 0 Å². The molecule has 0 amide bonds. The minimum atomic E-state index is 0.551. The first kappa shape index (κ1) is 21.5. The molecule has 0 nitrogen and oxygen atoms in total. The zero-order valence-electron chi connectivity index (χ0n) is 18.5. The summed E-state index contributed by atoms with van der Waals surface area (Å²) in [5.41, 5.74) is 1.46. The van der Waals surface area contributed by atoms with E-state index in [0.29, 0.717) is 11.8 Å². The minimum absolute atomic E-state index is 0.551. The number of rotatable bonds is 7. The summed E-state index contributed by atoms with van der Waals surface area (Å²) in [5, 5.41) is 0. The van der Waals surface area contributed by atoms with Crippen molar-refractivity contribution in [1.82, 2.24) is 0 Å². The molecule has 2 fully saturated rings. The van der Waals surface area contributed by atoms with Crippen molar-refractivity contribution in [3.8, 4) is 11.8 Å². The molecule has 1 aromatic rings. The molecule has 2 aliphatic rings. The average molecular weight is 379 g/mol. The molecule has 0 aliphatic heterocycles. The summed E-state index contributed by atoms with van der Waals surface area (Å²) < 4.78 is 0. The molecule has 154 valence electrons. The molecule has 0 heterocycles. The van der Waals surface area contributed by atoms with Gasteiger partial charge in [-0.05, 0) is 81.1 Å². The highest BCUT2D eigenvalue weighted by molar-refractivity contribution is 5.14. The molecule has 28 heavy (non-hydrogen) atoms. The second-order valence-corrected chi connectivity index (χ2v) is 9.75. The van der Waals surface area contributed by atoms with Crippen LogP contribution in [0, 0.1) is 41.4 Å². The van der Waals surface area contributed by atoms with Gasteiger partial charge in [0, 0.05) is 11.8 Å². The Morgan fingerprint density at radius 2 is 1.54 bits per heavy atom. The largest absolute Gasteiger partial charge is 0.0999 e. The van der Waals surface area contributed by atoms with Gasteiger partial charge in [0.15, 0.2) is 0 Å². The van der Waals surface area contributed by atoms with Crippen molar-refractivity contribution in [2.24, 2.45) is 29.6 Å². The predicted octanol–water partition coefficient (Wildman–Crippen LogP) is 8.06. The monoisotopic (exact) mass is 378 g/mol. The van der Waals surface area contributed by atoms with Crippen molar-refractivity contribution >= 4 is 0 Å². The van der Waals surface area contributed by atoms with E-state index in [1.165, 1.54) is 89.0 Å². The lowest BCUT2D eigenvalue weighted by molar-refractivity contribution is 0.154. The fraction of sp³-hybridized carbons (Fsp3) is 0.714. The summed E-state index contributed by atoms with van der Waals surface area (Å²) in [6.45, 7) is 4.66. The van der Waals surface area contributed by atoms with Gasteiger partial charge in [0.25, 0.3) is 0 Å². The van der Waals surface area contributed by atoms with Gasteiger partial charge in [-0.3, -0.25) is 0 Å². The Morgan fingerprint density at radius 3 is 2.18 bits per heavy atom. The van der Waals surface area contributed by atoms with Crippen LogP contribution in [0.3, 0.4) is 0 Å². The molecule has 2 aliphatic carbocycles. The quantitative estimate of drug-likeness (QED) is 0.421. The van der Waals surface area contributed by atoms with Crippen molar-refractivity contribution in [3.05, 3.63) is 35.9 Å². The van der Waals surface area contributed by atoms with Crippen LogP contribution in [0.25, 0.3) is 0 Å². The zero-order chi connectivity index (χ0) is 19.6. The van der Waals surface area contributed by atoms with E-state index in [1.54, 1.807) is 0 Å². The van der Waals surface area contributed by atoms with Gasteiger partial charge >= 0.3 is 0 Å². The highest BCUT2D eigenvalue weighted by Gasteiger charge is 2.30. The molecule has 0 bridgehead atoms. The summed E-state index contributed by atoms with van der Waals surface area (Å²) in [6, 6.07) is 10.9. The fourth-order valence-electron chi connectivity index (χ4n) is 5.68. The Hall–Kier alpha value is -1.22. The summed E-state index contributed by atoms with van der Waals surface area (Å²) >= 11 is 0. The maximum Gasteiger partial charge on any atom is 0.0203 e. The van der Waals surface area contributed by atoms with Crippen LogP contribution in [0.5, 0.6) is 0 Å².